The van der Waals surface area contributed by atoms with Gasteiger partial charge in [-0.05, 0) is 48.9 Å². The van der Waals surface area contributed by atoms with Gasteiger partial charge in [-0.2, -0.15) is 21.4 Å². The summed E-state index contributed by atoms with van der Waals surface area (Å²) in [5, 5.41) is 12.4. The lowest BCUT2D eigenvalue weighted by atomic mass is 9.91. The van der Waals surface area contributed by atoms with E-state index >= 15 is 0 Å². The van der Waals surface area contributed by atoms with Crippen molar-refractivity contribution in [2.75, 3.05) is 13.1 Å². The fourth-order valence-electron chi connectivity index (χ4n) is 3.09. The van der Waals surface area contributed by atoms with Crippen LogP contribution in [0.1, 0.15) is 30.2 Å². The molecule has 0 N–H and O–H groups in total. The van der Waals surface area contributed by atoms with E-state index in [9.17, 15) is 0 Å². The van der Waals surface area contributed by atoms with Gasteiger partial charge in [-0.15, -0.1) is 0 Å². The van der Waals surface area contributed by atoms with Gasteiger partial charge in [-0.1, -0.05) is 5.16 Å². The first-order chi connectivity index (χ1) is 11.3. The highest BCUT2D eigenvalue weighted by atomic mass is 32.1. The Kier molecular flexibility index (Phi) is 3.97. The molecule has 6 nitrogen and oxygen atoms in total. The number of piperidine rings is 1. The molecule has 1 aliphatic rings. The minimum Gasteiger partial charge on any atom is -0.338 e. The number of thiophene rings is 1. The highest BCUT2D eigenvalue weighted by Crippen LogP contribution is 2.28. The minimum atomic E-state index is 0.615. The van der Waals surface area contributed by atoms with Crippen LogP contribution in [0.5, 0.6) is 0 Å². The molecular formula is C16H19N5OS. The number of hydrogen-bond acceptors (Lipinski definition) is 6. The molecule has 1 fully saturated rings. The Morgan fingerprint density at radius 1 is 1.35 bits per heavy atom. The summed E-state index contributed by atoms with van der Waals surface area (Å²) in [6, 6.07) is 2.01. The van der Waals surface area contributed by atoms with Crippen LogP contribution in [0.15, 0.2) is 33.7 Å². The van der Waals surface area contributed by atoms with Crippen molar-refractivity contribution < 1.29 is 4.52 Å². The second-order valence-electron chi connectivity index (χ2n) is 6.02. The van der Waals surface area contributed by atoms with Gasteiger partial charge < -0.3 is 4.52 Å². The lowest BCUT2D eigenvalue weighted by molar-refractivity contribution is 0.181. The Morgan fingerprint density at radius 2 is 2.22 bits per heavy atom. The van der Waals surface area contributed by atoms with Crippen LogP contribution in [0, 0.1) is 0 Å². The minimum absolute atomic E-state index is 0.615. The second-order valence-corrected chi connectivity index (χ2v) is 6.80. The zero-order chi connectivity index (χ0) is 15.6. The van der Waals surface area contributed by atoms with Crippen LogP contribution < -0.4 is 0 Å². The summed E-state index contributed by atoms with van der Waals surface area (Å²) in [5.41, 5.74) is 2.38. The van der Waals surface area contributed by atoms with Crippen LogP contribution in [0.25, 0.3) is 11.4 Å². The van der Waals surface area contributed by atoms with E-state index in [4.69, 9.17) is 4.52 Å². The Labute approximate surface area is 138 Å². The lowest BCUT2D eigenvalue weighted by Crippen LogP contribution is -2.32. The zero-order valence-corrected chi connectivity index (χ0v) is 13.9. The van der Waals surface area contributed by atoms with Crippen molar-refractivity contribution >= 4 is 11.3 Å². The fourth-order valence-corrected chi connectivity index (χ4v) is 3.73. The first-order valence-corrected chi connectivity index (χ1v) is 8.78. The third-order valence-electron chi connectivity index (χ3n) is 4.39. The van der Waals surface area contributed by atoms with Crippen molar-refractivity contribution in [3.8, 4) is 11.4 Å². The predicted octanol–water partition coefficient (Wildman–Crippen LogP) is 2.91. The van der Waals surface area contributed by atoms with Crippen LogP contribution in [-0.4, -0.2) is 37.9 Å². The van der Waals surface area contributed by atoms with E-state index in [-0.39, 0.29) is 0 Å². The largest absolute Gasteiger partial charge is 0.338 e. The van der Waals surface area contributed by atoms with Crippen LogP contribution in [0.2, 0.25) is 0 Å². The van der Waals surface area contributed by atoms with E-state index in [1.165, 1.54) is 5.56 Å². The molecule has 0 amide bonds. The third kappa shape index (κ3) is 3.20. The smallest absolute Gasteiger partial charge is 0.241 e. The van der Waals surface area contributed by atoms with Crippen molar-refractivity contribution in [3.63, 3.8) is 0 Å². The fraction of sp³-hybridized carbons (Fsp3) is 0.438. The van der Waals surface area contributed by atoms with Gasteiger partial charge in [0, 0.05) is 24.2 Å². The highest BCUT2D eigenvalue weighted by molar-refractivity contribution is 7.08. The van der Waals surface area contributed by atoms with Gasteiger partial charge in [0.05, 0.1) is 12.7 Å². The monoisotopic (exact) mass is 329 g/mol. The number of aromatic nitrogens is 4. The van der Waals surface area contributed by atoms with Crippen molar-refractivity contribution in [2.45, 2.75) is 25.3 Å². The molecule has 0 spiro atoms. The van der Waals surface area contributed by atoms with Gasteiger partial charge >= 0.3 is 0 Å². The number of aryl methyl sites for hydroxylation is 1. The molecule has 3 aromatic heterocycles. The van der Waals surface area contributed by atoms with Gasteiger partial charge in [-0.3, -0.25) is 9.58 Å². The van der Waals surface area contributed by atoms with E-state index in [2.05, 4.69) is 26.3 Å². The molecule has 3 aromatic rings. The molecule has 0 unspecified atom stereocenters. The van der Waals surface area contributed by atoms with Gasteiger partial charge in [0.2, 0.25) is 11.7 Å². The Bertz CT molecular complexity index is 755. The van der Waals surface area contributed by atoms with E-state index < -0.39 is 0 Å². The lowest BCUT2D eigenvalue weighted by Gasteiger charge is -2.30. The summed E-state index contributed by atoms with van der Waals surface area (Å²) in [6.07, 6.45) is 6.42. The summed E-state index contributed by atoms with van der Waals surface area (Å²) >= 11 is 1.64. The molecular weight excluding hydrogens is 310 g/mol. The summed E-state index contributed by atoms with van der Waals surface area (Å²) in [4.78, 5) is 6.89. The molecule has 0 atom stereocenters. The highest BCUT2D eigenvalue weighted by Gasteiger charge is 2.23. The van der Waals surface area contributed by atoms with Crippen LogP contribution in [0.4, 0.5) is 0 Å². The maximum Gasteiger partial charge on any atom is 0.241 e. The Morgan fingerprint density at radius 3 is 2.91 bits per heavy atom. The molecule has 23 heavy (non-hydrogen) atoms. The van der Waals surface area contributed by atoms with Gasteiger partial charge in [0.25, 0.3) is 0 Å². The number of hydrogen-bond donors (Lipinski definition) is 0. The summed E-state index contributed by atoms with van der Waals surface area (Å²) in [5.74, 6) is 2.00. The molecule has 0 radical (unpaired) electrons. The first kappa shape index (κ1) is 14.6. The van der Waals surface area contributed by atoms with E-state index in [1.807, 2.05) is 34.8 Å². The molecule has 0 saturated carbocycles. The summed E-state index contributed by atoms with van der Waals surface area (Å²) in [6.45, 7) is 2.84. The van der Waals surface area contributed by atoms with E-state index in [1.54, 1.807) is 11.3 Å². The first-order valence-electron chi connectivity index (χ1n) is 7.84. The van der Waals surface area contributed by atoms with Gasteiger partial charge in [-0.25, -0.2) is 0 Å². The second kappa shape index (κ2) is 6.25. The van der Waals surface area contributed by atoms with E-state index in [0.29, 0.717) is 17.6 Å². The molecule has 0 bridgehead atoms. The summed E-state index contributed by atoms with van der Waals surface area (Å²) in [7, 11) is 1.97. The van der Waals surface area contributed by atoms with E-state index in [0.717, 1.165) is 38.0 Å². The molecule has 7 heteroatoms. The average molecular weight is 329 g/mol. The maximum atomic E-state index is 5.39. The Balaban J connectivity index is 1.34. The molecule has 0 aromatic carbocycles. The maximum absolute atomic E-state index is 5.39. The third-order valence-corrected chi connectivity index (χ3v) is 5.07. The van der Waals surface area contributed by atoms with Crippen molar-refractivity contribution in [2.24, 2.45) is 7.05 Å². The zero-order valence-electron chi connectivity index (χ0n) is 13.1. The average Bonchev–Trinajstić information content (AvgIpc) is 3.28. The molecule has 1 saturated heterocycles. The normalized spacial score (nSPS) is 16.9. The molecule has 0 aliphatic carbocycles. The summed E-state index contributed by atoms with van der Waals surface area (Å²) < 4.78 is 7.28. The van der Waals surface area contributed by atoms with Crippen molar-refractivity contribution in [1.82, 2.24) is 24.8 Å². The Hall–Kier alpha value is -1.99. The van der Waals surface area contributed by atoms with Crippen molar-refractivity contribution in [3.05, 3.63) is 40.7 Å². The topological polar surface area (TPSA) is 60.0 Å². The number of rotatable bonds is 4. The molecule has 4 rings (SSSR count). The van der Waals surface area contributed by atoms with Crippen LogP contribution in [-0.2, 0) is 13.6 Å². The van der Waals surface area contributed by atoms with Crippen LogP contribution >= 0.6 is 11.3 Å². The van der Waals surface area contributed by atoms with Crippen molar-refractivity contribution in [1.29, 1.82) is 0 Å². The van der Waals surface area contributed by atoms with Gasteiger partial charge in [0.15, 0.2) is 0 Å². The molecule has 120 valence electrons. The molecule has 1 aliphatic heterocycles. The molecule has 4 heterocycles. The number of likely N-dealkylation sites (tertiary alicyclic amines) is 1. The number of nitrogens with zero attached hydrogens (tertiary/aromatic N) is 5. The van der Waals surface area contributed by atoms with Gasteiger partial charge in [0.1, 0.15) is 0 Å². The SMILES string of the molecule is Cn1cc(C2CCN(Cc3nc(-c4ccsc4)no3)CC2)cn1. The quantitative estimate of drug-likeness (QED) is 0.736. The standard InChI is InChI=1S/C16H19N5OS/c1-20-9-14(8-17-20)12-2-5-21(6-3-12)10-15-18-16(19-22-15)13-4-7-23-11-13/h4,7-9,11-12H,2-3,5-6,10H2,1H3. The van der Waals surface area contributed by atoms with Crippen LogP contribution in [0.3, 0.4) is 0 Å². The predicted molar refractivity (Wildman–Crippen MR) is 88.1 cm³/mol.